The fourth-order valence-corrected chi connectivity index (χ4v) is 2.10. The van der Waals surface area contributed by atoms with Gasteiger partial charge in [0.1, 0.15) is 0 Å². The lowest BCUT2D eigenvalue weighted by Gasteiger charge is -2.09. The third-order valence-corrected chi connectivity index (χ3v) is 3.37. The van der Waals surface area contributed by atoms with Gasteiger partial charge in [-0.2, -0.15) is 0 Å². The van der Waals surface area contributed by atoms with Gasteiger partial charge in [-0.05, 0) is 42.8 Å². The molecule has 0 aliphatic carbocycles. The second kappa shape index (κ2) is 7.96. The molecule has 0 aliphatic rings. The number of ether oxygens (including phenoxy) is 1. The highest BCUT2D eigenvalue weighted by Gasteiger charge is 2.14. The molecule has 0 heterocycles. The van der Waals surface area contributed by atoms with E-state index in [0.717, 1.165) is 5.56 Å². The summed E-state index contributed by atoms with van der Waals surface area (Å²) in [7, 11) is 0. The molecule has 0 fully saturated rings. The van der Waals surface area contributed by atoms with Crippen molar-refractivity contribution >= 4 is 34.8 Å². The Morgan fingerprint density at radius 3 is 2.20 bits per heavy atom. The number of carbonyl (C=O) groups excluding carboxylic acids is 3. The van der Waals surface area contributed by atoms with E-state index in [1.165, 1.54) is 6.92 Å². The molecule has 7 nitrogen and oxygen atoms in total. The van der Waals surface area contributed by atoms with Crippen LogP contribution < -0.4 is 16.4 Å². The number of aryl methyl sites for hydroxylation is 1. The minimum atomic E-state index is -0.655. The maximum absolute atomic E-state index is 12.0. The number of hydrogen-bond donors (Lipinski definition) is 3. The van der Waals surface area contributed by atoms with E-state index in [9.17, 15) is 14.4 Å². The monoisotopic (exact) mass is 341 g/mol. The van der Waals surface area contributed by atoms with Gasteiger partial charge >= 0.3 is 5.97 Å². The lowest BCUT2D eigenvalue weighted by molar-refractivity contribution is -0.119. The minimum Gasteiger partial charge on any atom is -0.452 e. The van der Waals surface area contributed by atoms with Crippen LogP contribution in [0.1, 0.15) is 22.8 Å². The first-order valence-electron chi connectivity index (χ1n) is 7.56. The first-order chi connectivity index (χ1) is 11.9. The van der Waals surface area contributed by atoms with Crippen molar-refractivity contribution in [2.24, 2.45) is 0 Å². The van der Waals surface area contributed by atoms with Crippen molar-refractivity contribution in [3.63, 3.8) is 0 Å². The van der Waals surface area contributed by atoms with E-state index in [2.05, 4.69) is 10.6 Å². The molecule has 2 amide bonds. The lowest BCUT2D eigenvalue weighted by atomic mass is 10.1. The number of amides is 2. The van der Waals surface area contributed by atoms with E-state index in [0.29, 0.717) is 17.1 Å². The van der Waals surface area contributed by atoms with Gasteiger partial charge in [0.2, 0.25) is 5.91 Å². The van der Waals surface area contributed by atoms with Crippen LogP contribution in [0, 0.1) is 6.92 Å². The molecular formula is C18H19N3O4. The molecule has 2 aromatic rings. The molecule has 0 radical (unpaired) electrons. The smallest absolute Gasteiger partial charge is 0.340 e. The number of nitrogens with two attached hydrogens (primary N) is 1. The normalized spacial score (nSPS) is 10.0. The summed E-state index contributed by atoms with van der Waals surface area (Å²) < 4.78 is 4.99. The molecule has 2 rings (SSSR count). The molecule has 0 bridgehead atoms. The molecule has 2 aromatic carbocycles. The molecule has 0 spiro atoms. The number of rotatable bonds is 5. The van der Waals surface area contributed by atoms with Crippen molar-refractivity contribution < 1.29 is 19.1 Å². The molecule has 130 valence electrons. The van der Waals surface area contributed by atoms with Crippen LogP contribution >= 0.6 is 0 Å². The molecule has 0 aromatic heterocycles. The van der Waals surface area contributed by atoms with E-state index >= 15 is 0 Å². The number of nitrogen functional groups attached to an aromatic ring is 1. The standard InChI is InChI=1S/C18H19N3O4/c1-11-4-3-5-15(17(11)19)18(24)25-10-16(23)21-14-8-6-13(7-9-14)20-12(2)22/h3-9H,10,19H2,1-2H3,(H,20,22)(H,21,23). The summed E-state index contributed by atoms with van der Waals surface area (Å²) in [5, 5.41) is 5.22. The van der Waals surface area contributed by atoms with Gasteiger partial charge < -0.3 is 21.1 Å². The summed E-state index contributed by atoms with van der Waals surface area (Å²) in [4.78, 5) is 34.8. The van der Waals surface area contributed by atoms with Gasteiger partial charge in [-0.25, -0.2) is 4.79 Å². The third-order valence-electron chi connectivity index (χ3n) is 3.37. The number of esters is 1. The van der Waals surface area contributed by atoms with Crippen LogP contribution in [0.15, 0.2) is 42.5 Å². The second-order valence-corrected chi connectivity index (χ2v) is 5.42. The maximum Gasteiger partial charge on any atom is 0.340 e. The lowest BCUT2D eigenvalue weighted by Crippen LogP contribution is -2.21. The number of para-hydroxylation sites is 1. The van der Waals surface area contributed by atoms with E-state index in [4.69, 9.17) is 10.5 Å². The van der Waals surface area contributed by atoms with Crippen molar-refractivity contribution in [1.82, 2.24) is 0 Å². The Labute approximate surface area is 145 Å². The van der Waals surface area contributed by atoms with Crippen LogP contribution in [0.25, 0.3) is 0 Å². The highest BCUT2D eigenvalue weighted by Crippen LogP contribution is 2.17. The average molecular weight is 341 g/mol. The summed E-state index contributed by atoms with van der Waals surface area (Å²) in [6, 6.07) is 11.6. The molecule has 0 saturated heterocycles. The summed E-state index contributed by atoms with van der Waals surface area (Å²) >= 11 is 0. The Kier molecular flexibility index (Phi) is 5.73. The van der Waals surface area contributed by atoms with Crippen LogP contribution in [0.4, 0.5) is 17.1 Å². The van der Waals surface area contributed by atoms with Crippen LogP contribution in [0.2, 0.25) is 0 Å². The number of hydrogen-bond acceptors (Lipinski definition) is 5. The molecule has 0 aliphatic heterocycles. The van der Waals surface area contributed by atoms with Crippen molar-refractivity contribution in [2.45, 2.75) is 13.8 Å². The SMILES string of the molecule is CC(=O)Nc1ccc(NC(=O)COC(=O)c2cccc(C)c2N)cc1. The van der Waals surface area contributed by atoms with Crippen LogP contribution in [0.3, 0.4) is 0 Å². The Morgan fingerprint density at radius 2 is 1.60 bits per heavy atom. The predicted molar refractivity (Wildman–Crippen MR) is 95.2 cm³/mol. The largest absolute Gasteiger partial charge is 0.452 e. The zero-order chi connectivity index (χ0) is 18.4. The minimum absolute atomic E-state index is 0.181. The van der Waals surface area contributed by atoms with E-state index in [1.807, 2.05) is 0 Å². The average Bonchev–Trinajstić information content (AvgIpc) is 2.56. The van der Waals surface area contributed by atoms with E-state index in [-0.39, 0.29) is 11.5 Å². The molecule has 0 saturated carbocycles. The zero-order valence-corrected chi connectivity index (χ0v) is 14.0. The molecule has 25 heavy (non-hydrogen) atoms. The third kappa shape index (κ3) is 5.07. The quantitative estimate of drug-likeness (QED) is 0.571. The fourth-order valence-electron chi connectivity index (χ4n) is 2.10. The fraction of sp³-hybridized carbons (Fsp3) is 0.167. The molecule has 0 unspecified atom stereocenters. The van der Waals surface area contributed by atoms with Crippen LogP contribution in [-0.4, -0.2) is 24.4 Å². The summed E-state index contributed by atoms with van der Waals surface area (Å²) in [6.45, 7) is 2.76. The Bertz CT molecular complexity index is 800. The highest BCUT2D eigenvalue weighted by molar-refractivity contribution is 5.98. The molecule has 7 heteroatoms. The summed E-state index contributed by atoms with van der Waals surface area (Å²) in [5.41, 5.74) is 8.29. The second-order valence-electron chi connectivity index (χ2n) is 5.42. The Balaban J connectivity index is 1.89. The van der Waals surface area contributed by atoms with E-state index in [1.54, 1.807) is 49.4 Å². The number of nitrogens with one attached hydrogen (secondary N) is 2. The van der Waals surface area contributed by atoms with Crippen LogP contribution in [-0.2, 0) is 14.3 Å². The zero-order valence-electron chi connectivity index (χ0n) is 14.0. The van der Waals surface area contributed by atoms with Gasteiger partial charge in [-0.3, -0.25) is 9.59 Å². The van der Waals surface area contributed by atoms with Crippen molar-refractivity contribution in [3.05, 3.63) is 53.6 Å². The number of benzene rings is 2. The van der Waals surface area contributed by atoms with E-state index < -0.39 is 18.5 Å². The topological polar surface area (TPSA) is 111 Å². The molecule has 4 N–H and O–H groups in total. The first-order valence-corrected chi connectivity index (χ1v) is 7.56. The summed E-state index contributed by atoms with van der Waals surface area (Å²) in [6.07, 6.45) is 0. The van der Waals surface area contributed by atoms with Crippen molar-refractivity contribution in [1.29, 1.82) is 0 Å². The summed E-state index contributed by atoms with van der Waals surface area (Å²) in [5.74, 6) is -1.32. The van der Waals surface area contributed by atoms with Crippen molar-refractivity contribution in [3.8, 4) is 0 Å². The molecule has 0 atom stereocenters. The van der Waals surface area contributed by atoms with Crippen LogP contribution in [0.5, 0.6) is 0 Å². The number of carbonyl (C=O) groups is 3. The van der Waals surface area contributed by atoms with Crippen molar-refractivity contribution in [2.75, 3.05) is 23.0 Å². The maximum atomic E-state index is 12.0. The Hall–Kier alpha value is -3.35. The number of anilines is 3. The first kappa shape index (κ1) is 18.0. The Morgan fingerprint density at radius 1 is 1.00 bits per heavy atom. The van der Waals surface area contributed by atoms with Gasteiger partial charge in [0.15, 0.2) is 6.61 Å². The van der Waals surface area contributed by atoms with Gasteiger partial charge in [-0.15, -0.1) is 0 Å². The van der Waals surface area contributed by atoms with Gasteiger partial charge in [0.05, 0.1) is 5.56 Å². The van der Waals surface area contributed by atoms with Gasteiger partial charge in [0.25, 0.3) is 5.91 Å². The highest BCUT2D eigenvalue weighted by atomic mass is 16.5. The molecular weight excluding hydrogens is 322 g/mol. The van der Waals surface area contributed by atoms with Gasteiger partial charge in [-0.1, -0.05) is 12.1 Å². The van der Waals surface area contributed by atoms with Gasteiger partial charge in [0, 0.05) is 24.0 Å². The predicted octanol–water partition coefficient (Wildman–Crippen LogP) is 2.33.